The zero-order valence-electron chi connectivity index (χ0n) is 34.2. The number of rotatable bonds is 10. The van der Waals surface area contributed by atoms with Gasteiger partial charge in [-0.1, -0.05) is 28.1 Å². The van der Waals surface area contributed by atoms with E-state index in [2.05, 4.69) is 62.0 Å². The van der Waals surface area contributed by atoms with Gasteiger partial charge in [0.25, 0.3) is 5.78 Å². The summed E-state index contributed by atoms with van der Waals surface area (Å²) in [5.74, 6) is -3.55. The van der Waals surface area contributed by atoms with Gasteiger partial charge in [0.2, 0.25) is 0 Å². The van der Waals surface area contributed by atoms with Gasteiger partial charge < -0.3 is 44.7 Å². The van der Waals surface area contributed by atoms with Crippen molar-refractivity contribution in [3.05, 3.63) is 46.7 Å². The molecule has 0 saturated heterocycles. The van der Waals surface area contributed by atoms with Crippen molar-refractivity contribution in [1.29, 1.82) is 0 Å². The van der Waals surface area contributed by atoms with Crippen LogP contribution in [0.5, 0.6) is 0 Å². The Morgan fingerprint density at radius 3 is 1.83 bits per heavy atom. The number of thiazole rings is 3. The monoisotopic (exact) mass is 1030 g/mol. The van der Waals surface area contributed by atoms with Crippen LogP contribution >= 0.6 is 62.2 Å². The number of thiocarbonyl (C=S) groups is 1. The summed E-state index contributed by atoms with van der Waals surface area (Å²) in [6.07, 6.45) is 1.28. The van der Waals surface area contributed by atoms with E-state index in [1.165, 1.54) is 44.0 Å². The molecule has 1 atom stereocenters. The van der Waals surface area contributed by atoms with Gasteiger partial charge in [0.05, 0.1) is 89.9 Å². The van der Waals surface area contributed by atoms with Gasteiger partial charge in [-0.3, -0.25) is 14.4 Å². The number of nitrogens with two attached hydrogens (primary N) is 1. The number of carbonyl (C=O) groups is 6. The van der Waals surface area contributed by atoms with Crippen LogP contribution < -0.4 is 5.73 Å². The van der Waals surface area contributed by atoms with E-state index in [9.17, 15) is 28.8 Å². The van der Waals surface area contributed by atoms with Gasteiger partial charge in [-0.2, -0.15) is 0 Å². The number of cyclic esters (lactones) is 1. The van der Waals surface area contributed by atoms with Crippen LogP contribution in [0.15, 0.2) is 0 Å². The Balaban J connectivity index is -0.000000674. The van der Waals surface area contributed by atoms with E-state index < -0.39 is 49.3 Å². The third-order valence-electron chi connectivity index (χ3n) is 5.89. The Labute approximate surface area is 378 Å². The van der Waals surface area contributed by atoms with E-state index in [0.717, 1.165) is 33.3 Å². The average molecular weight is 1030 g/mol. The molecule has 5 N–H and O–H groups in total. The number of fused-ring (bicyclic) bond motifs is 1. The van der Waals surface area contributed by atoms with Crippen molar-refractivity contribution in [3.8, 4) is 0 Å². The zero-order chi connectivity index (χ0) is 47.0. The number of hydrogen-bond donors (Lipinski definition) is 4. The van der Waals surface area contributed by atoms with E-state index in [0.29, 0.717) is 39.3 Å². The van der Waals surface area contributed by atoms with Crippen molar-refractivity contribution >= 4 is 103 Å². The second-order valence-corrected chi connectivity index (χ2v) is 16.3. The molecule has 339 valence electrons. The molecule has 4 heterocycles. The first-order valence-corrected chi connectivity index (χ1v) is 21.5. The van der Waals surface area contributed by atoms with E-state index in [1.807, 2.05) is 13.8 Å². The minimum atomic E-state index is -1.44. The summed E-state index contributed by atoms with van der Waals surface area (Å²) in [4.78, 5) is 80.2. The number of esters is 5. The average Bonchev–Trinajstić information content (AvgIpc) is 3.89. The van der Waals surface area contributed by atoms with E-state index >= 15 is 0 Å². The molecule has 0 bridgehead atoms. The SMILES string of the molecule is CC(N)=S.CCO.COC(=O)CC(Br)C(=O)C(=O)OC.COC(=O)Cc1sc(C)nc1C(=O)OC.Cc1nc(CO)c(CCO)s1.Cc1nc2c(s1)CCOC2=O.[O]=[Mn]=[O]. The molecule has 0 spiro atoms. The zero-order valence-corrected chi connectivity index (χ0v) is 40.2. The summed E-state index contributed by atoms with van der Waals surface area (Å²) in [5, 5.41) is 27.6. The number of aliphatic hydroxyl groups is 3. The number of aromatic nitrogens is 3. The predicted octanol–water partition coefficient (Wildman–Crippen LogP) is 2.70. The van der Waals surface area contributed by atoms with Crippen molar-refractivity contribution in [2.75, 3.05) is 48.3 Å². The number of aliphatic hydroxyl groups excluding tert-OH is 3. The Kier molecular flexibility index (Phi) is 36.3. The van der Waals surface area contributed by atoms with Crippen LogP contribution in [0.2, 0.25) is 0 Å². The maximum absolute atomic E-state index is 11.3. The number of ether oxygens (including phenoxy) is 5. The molecule has 0 amide bonds. The number of nitrogens with zero attached hydrogens (tertiary/aromatic N) is 3. The molecular weight excluding hydrogens is 983 g/mol. The quantitative estimate of drug-likeness (QED) is 0.0567. The van der Waals surface area contributed by atoms with Crippen LogP contribution in [-0.2, 0) is 91.2 Å². The van der Waals surface area contributed by atoms with Crippen LogP contribution in [0.25, 0.3) is 0 Å². The summed E-state index contributed by atoms with van der Waals surface area (Å²) < 4.78 is 39.2. The first kappa shape index (κ1) is 60.6. The Morgan fingerprint density at radius 1 is 0.883 bits per heavy atom. The molecule has 26 heteroatoms. The van der Waals surface area contributed by atoms with E-state index in [-0.39, 0.29) is 44.3 Å². The Hall–Kier alpha value is -3.72. The predicted molar refractivity (Wildman–Crippen MR) is 221 cm³/mol. The van der Waals surface area contributed by atoms with Crippen LogP contribution in [0.4, 0.5) is 0 Å². The summed E-state index contributed by atoms with van der Waals surface area (Å²) in [7, 11) is 4.87. The van der Waals surface area contributed by atoms with Crippen LogP contribution in [0, 0.1) is 20.8 Å². The fourth-order valence-electron chi connectivity index (χ4n) is 3.64. The first-order chi connectivity index (χ1) is 28.2. The number of halogens is 1. The normalized spacial score (nSPS) is 10.7. The molecule has 3 aromatic heterocycles. The third-order valence-corrected chi connectivity index (χ3v) is 9.71. The molecular formula is C34H49BrMnN4O16S4. The molecule has 1 unspecified atom stereocenters. The van der Waals surface area contributed by atoms with Gasteiger partial charge in [0.1, 0.15) is 0 Å². The van der Waals surface area contributed by atoms with Gasteiger partial charge in [0, 0.05) is 35.8 Å². The van der Waals surface area contributed by atoms with Crippen molar-refractivity contribution < 1.29 is 90.3 Å². The molecule has 1 aliphatic rings. The molecule has 20 nitrogen and oxygen atoms in total. The van der Waals surface area contributed by atoms with Crippen LogP contribution in [0.1, 0.15) is 76.6 Å². The molecule has 1 aliphatic heterocycles. The topological polar surface area (TPSA) is 308 Å². The van der Waals surface area contributed by atoms with Gasteiger partial charge in [-0.15, -0.1) is 34.0 Å². The fourth-order valence-corrected chi connectivity index (χ4v) is 6.83. The summed E-state index contributed by atoms with van der Waals surface area (Å²) in [5.41, 5.74) is 6.28. The molecule has 4 rings (SSSR count). The third kappa shape index (κ3) is 27.2. The summed E-state index contributed by atoms with van der Waals surface area (Å²) >= 11 is 10.2. The number of methoxy groups -OCH3 is 4. The van der Waals surface area contributed by atoms with Crippen LogP contribution in [0.3, 0.4) is 0 Å². The van der Waals surface area contributed by atoms with Gasteiger partial charge in [-0.05, 0) is 34.6 Å². The second kappa shape index (κ2) is 36.0. The van der Waals surface area contributed by atoms with Crippen molar-refractivity contribution in [1.82, 2.24) is 15.0 Å². The molecule has 0 aromatic carbocycles. The number of Topliss-reactive ketones (excluding diaryl/α,β-unsaturated/α-hetero) is 1. The molecule has 0 saturated carbocycles. The van der Waals surface area contributed by atoms with Crippen molar-refractivity contribution in [2.45, 2.75) is 71.7 Å². The second-order valence-electron chi connectivity index (χ2n) is 10.5. The Morgan fingerprint density at radius 2 is 1.38 bits per heavy atom. The Bertz CT molecular complexity index is 1840. The van der Waals surface area contributed by atoms with E-state index in [1.54, 1.807) is 32.1 Å². The number of hydrogen-bond acceptors (Lipinski definition) is 23. The fraction of sp³-hybridized carbons (Fsp3) is 0.529. The maximum atomic E-state index is 11.3. The van der Waals surface area contributed by atoms with E-state index in [4.69, 9.17) is 33.5 Å². The van der Waals surface area contributed by atoms with Crippen LogP contribution in [-0.4, -0.2) is 124 Å². The molecule has 0 aliphatic carbocycles. The molecule has 0 radical (unpaired) electrons. The number of aryl methyl sites for hydroxylation is 3. The number of alkyl halides is 1. The summed E-state index contributed by atoms with van der Waals surface area (Å²) in [6, 6.07) is 0. The van der Waals surface area contributed by atoms with Crippen molar-refractivity contribution in [2.24, 2.45) is 5.73 Å². The van der Waals surface area contributed by atoms with Gasteiger partial charge in [-0.25, -0.2) is 29.3 Å². The standard InChI is InChI=1S/C9H11NO4S.C7H9BrO5.C7H7NO2S.C7H11NO2S.C2H5NS.C2H6O.Mn.2O/c1-5-10-8(9(12)14-3)6(15-5)4-7(11)13-2;1-12-5(9)3-4(8)6(10)7(11)13-2;1-4-8-6-5(11-4)2-3-10-7(6)9;1-5-8-6(4-10)7(11-5)2-3-9;1-2(3)4;1-2-3;;;/h4H2,1-3H3;4H,3H2,1-2H3;2-3H2,1H3;9-10H,2-4H2,1H3;1H3,(H2,3,4);3H,2H2,1H3;;;. The van der Waals surface area contributed by atoms with Gasteiger partial charge in [0.15, 0.2) is 11.4 Å². The molecule has 3 aromatic rings. The first-order valence-electron chi connectivity index (χ1n) is 16.7. The molecule has 0 fully saturated rings. The van der Waals surface area contributed by atoms with Gasteiger partial charge >= 0.3 is 52.3 Å². The summed E-state index contributed by atoms with van der Waals surface area (Å²) in [6.45, 7) is 9.76. The number of ketones is 1. The minimum absolute atomic E-state index is 0.0281. The van der Waals surface area contributed by atoms with Crippen molar-refractivity contribution in [3.63, 3.8) is 0 Å². The number of carbonyl (C=O) groups excluding carboxylic acids is 6. The molecule has 60 heavy (non-hydrogen) atoms.